The summed E-state index contributed by atoms with van der Waals surface area (Å²) >= 11 is 3.33. The topological polar surface area (TPSA) is 782 Å². The number of aliphatic hydroxyl groups excluding tert-OH is 20. The maximum atomic E-state index is 14.2. The zero-order chi connectivity index (χ0) is 109. The molecule has 2 aromatic rings. The Hall–Kier alpha value is -5.08. The summed E-state index contributed by atoms with van der Waals surface area (Å²) in [6.07, 6.45) is -68.7. The smallest absolute Gasteiger partial charge is 0.310 e. The SMILES string of the molecule is C=CC[C@H]1C(=O)C(C)(C)[C@@H](OC(=O)CCCCCN)CC(=O)O[C@H](c2ccc3sc(C)nc3c2)C[C@@H]2O[C@]2(C)CCC[C@H](C)[C@@H]1O.CCC(CSCC1O[C@H]2O[C@@H]3C(CO)O[C@H](O[C@@H]4C(CO)O[C@H](O[C@@H]5C(CO)O[C@H](O[C@@H]6C(CSCC(CC(=O)CCOCCOCCC(C)=O)C(=O)O)O[C@@H](O[C@@H]7C(CO)O[C@H](O[C@@H]8C(CO)O[C@H](O[C@H]1[C@H](O)C2O)C(O)[C@H]8O)C(O)[C@H]7O)C(O)[C@H]6O)C(O)[C@H]5O)C(O)[C@H]4O)C(O)[C@H]3O)C(=O)O. The van der Waals surface area contributed by atoms with Crippen molar-refractivity contribution < 1.29 is 236 Å². The molecule has 149 heavy (non-hydrogen) atoms. The Morgan fingerprint density at radius 1 is 0.530 bits per heavy atom. The number of ether oxygens (including phenoxy) is 19. The fourth-order valence-corrected chi connectivity index (χ4v) is 22.7. The molecule has 0 spiro atoms. The van der Waals surface area contributed by atoms with Crippen LogP contribution in [0.5, 0.6) is 0 Å². The Labute approximate surface area is 871 Å². The quantitative estimate of drug-likeness (QED) is 0.0131. The number of cyclic esters (lactones) is 1. The Balaban J connectivity index is 0.000000380. The molecule has 1 aromatic carbocycles. The van der Waals surface area contributed by atoms with Crippen molar-refractivity contribution in [1.82, 2.24) is 4.98 Å². The molecule has 25 rings (SSSR count). The molecule has 53 heteroatoms. The number of thioether (sulfide) groups is 2. The number of carboxylic acids is 2. The fourth-order valence-electron chi connectivity index (χ4n) is 19.4. The number of thiazole rings is 1. The van der Waals surface area contributed by atoms with Gasteiger partial charge in [-0.25, -0.2) is 4.98 Å². The number of carbonyl (C=O) groups excluding carboxylic acids is 5. The number of allylic oxidation sites excluding steroid dienone is 1. The van der Waals surface area contributed by atoms with Gasteiger partial charge in [0.25, 0.3) is 0 Å². The molecule has 0 aliphatic carbocycles. The highest BCUT2D eigenvalue weighted by atomic mass is 32.2. The van der Waals surface area contributed by atoms with Gasteiger partial charge in [0.1, 0.15) is 188 Å². The number of fused-ring (bicyclic) bond motifs is 2. The highest BCUT2D eigenvalue weighted by Crippen LogP contribution is 2.49. The highest BCUT2D eigenvalue weighted by molar-refractivity contribution is 7.99. The summed E-state index contributed by atoms with van der Waals surface area (Å²) in [5.74, 6) is -9.00. The van der Waals surface area contributed by atoms with Gasteiger partial charge in [-0.05, 0) is 103 Å². The molecule has 0 radical (unpaired) electrons. The van der Waals surface area contributed by atoms with Crippen molar-refractivity contribution in [2.24, 2.45) is 34.8 Å². The summed E-state index contributed by atoms with van der Waals surface area (Å²) in [6, 6.07) is 5.92. The number of epoxide rings is 1. The zero-order valence-electron chi connectivity index (χ0n) is 83.8. The number of rotatable bonds is 36. The predicted molar refractivity (Wildman–Crippen MR) is 512 cm³/mol. The molecule has 14 bridgehead atoms. The monoisotopic (exact) mass is 2190 g/mol. The van der Waals surface area contributed by atoms with Crippen LogP contribution in [0.4, 0.5) is 0 Å². The molecule has 0 saturated carbocycles. The van der Waals surface area contributed by atoms with Crippen LogP contribution in [0.3, 0.4) is 0 Å². The van der Waals surface area contributed by atoms with Crippen molar-refractivity contribution in [3.05, 3.63) is 41.4 Å². The van der Waals surface area contributed by atoms with Crippen LogP contribution >= 0.6 is 34.9 Å². The van der Waals surface area contributed by atoms with Crippen LogP contribution in [0.25, 0.3) is 10.2 Å². The van der Waals surface area contributed by atoms with E-state index in [4.69, 9.17) is 95.7 Å². The van der Waals surface area contributed by atoms with Crippen molar-refractivity contribution in [1.29, 1.82) is 0 Å². The van der Waals surface area contributed by atoms with Crippen molar-refractivity contribution in [3.63, 3.8) is 0 Å². The Morgan fingerprint density at radius 3 is 1.31 bits per heavy atom. The number of carboxylic acid groups (broad SMARTS) is 2. The largest absolute Gasteiger partial charge is 0.481 e. The number of Topliss-reactive ketones (excluding diaryl/α,β-unsaturated/α-hetero) is 3. The van der Waals surface area contributed by atoms with E-state index >= 15 is 0 Å². The van der Waals surface area contributed by atoms with Crippen molar-refractivity contribution >= 4 is 86.3 Å². The molecular formula is C96H150N2O48S3. The van der Waals surface area contributed by atoms with Gasteiger partial charge in [-0.3, -0.25) is 33.6 Å². The molecule has 0 amide bonds. The number of benzene rings is 1. The summed E-state index contributed by atoms with van der Waals surface area (Å²) in [5.41, 5.74) is 5.60. The number of nitrogens with zero attached hydrogens (tertiary/aromatic N) is 1. The number of aromatic nitrogens is 1. The fraction of sp³-hybridized carbons (Fsp3) is 0.833. The lowest BCUT2D eigenvalue weighted by atomic mass is 9.71. The first-order chi connectivity index (χ1) is 70.8. The summed E-state index contributed by atoms with van der Waals surface area (Å²) in [5, 5.41) is 249. The number of aryl methyl sites for hydroxylation is 1. The molecule has 16 unspecified atom stereocenters. The van der Waals surface area contributed by atoms with Gasteiger partial charge in [-0.15, -0.1) is 17.9 Å². The summed E-state index contributed by atoms with van der Waals surface area (Å²) in [6.45, 7) is 11.5. The van der Waals surface area contributed by atoms with Crippen LogP contribution in [-0.2, 0) is 124 Å². The van der Waals surface area contributed by atoms with Crippen LogP contribution in [0, 0.1) is 36.0 Å². The number of unbranched alkanes of at least 4 members (excludes halogenated alkanes) is 2. The Kier molecular flexibility index (Phi) is 47.8. The minimum atomic E-state index is -2.31. The summed E-state index contributed by atoms with van der Waals surface area (Å²) in [7, 11) is 0. The third-order valence-corrected chi connectivity index (χ3v) is 32.0. The number of esters is 2. The standard InChI is InChI=1S/C60H98O41S2.C36H52N2O7S/c1-3-21(52(82)83)16-102-18-29-50-36(73)43(80)59(93-29)98-48-27(14-64)89-55(39(76)32(48)69)95-45-24(11-61)88-54(38(75)31(45)68)96-46-26(13-63)92-58(42(79)35(46)72)101-51-30(19-103-17-22(53(84)85)10-23(67)5-7-87-9-8-86-6-4-20(2)66)94-60(44(81)37(51)74)99-49-28(15-65)90-56(40(77)33(49)70)97-47-25(12-62)91-57(100-50)41(78)34(47)71;1-7-12-25-33(41)22(2)13-11-17-36(6)30(45-36)20-27(24-15-16-28-26(19-24)38-23(3)46-28)43-32(40)21-29(35(4,5)34(25)42)44-31(39)14-9-8-10-18-37/h21-22,24-51,54-65,68-81H,3-19H2,1-2H3,(H,82,83)(H,84,85);7,15-16,19,22,25,27,29-30,33,41H,1,8-14,17-18,20-21,37H2,2-6H3/t21?,22?,24?,25?,26?,27?,28?,29?,30?,31-,32-,33-,34-,35-,36-,37-,38?,39?,40?,41?,42?,43?,44?,45-,46-,47-,48-,49-,50-,51-,54-,55-,56-,57-,58-,59+,60+;22-,25+,27-,29-,30-,33-,36+/m10/s1. The van der Waals surface area contributed by atoms with E-state index in [2.05, 4.69) is 18.5 Å². The maximum Gasteiger partial charge on any atom is 0.310 e. The van der Waals surface area contributed by atoms with E-state index in [0.29, 0.717) is 25.8 Å². The molecule has 23 aliphatic rings. The third-order valence-electron chi connectivity index (χ3n) is 28.7. The van der Waals surface area contributed by atoms with E-state index in [1.54, 1.807) is 38.2 Å². The molecule has 24 N–H and O–H groups in total. The van der Waals surface area contributed by atoms with Gasteiger partial charge in [0, 0.05) is 61.0 Å². The molecule has 24 heterocycles. The molecule has 850 valence electrons. The van der Waals surface area contributed by atoms with Crippen molar-refractivity contribution in [2.45, 2.75) is 383 Å². The van der Waals surface area contributed by atoms with E-state index < -0.39 is 331 Å². The minimum Gasteiger partial charge on any atom is -0.481 e. The van der Waals surface area contributed by atoms with Gasteiger partial charge in [0.05, 0.1) is 128 Å². The van der Waals surface area contributed by atoms with E-state index in [9.17, 15) is 146 Å². The second-order valence-electron chi connectivity index (χ2n) is 40.0. The molecule has 44 atom stereocenters. The van der Waals surface area contributed by atoms with Gasteiger partial charge < -0.3 is 208 Å². The number of ketones is 3. The van der Waals surface area contributed by atoms with Crippen LogP contribution < -0.4 is 5.73 Å². The molecule has 50 nitrogen and oxygen atoms in total. The molecule has 23 fully saturated rings. The second-order valence-corrected chi connectivity index (χ2v) is 43.3. The van der Waals surface area contributed by atoms with Crippen LogP contribution in [0.2, 0.25) is 0 Å². The van der Waals surface area contributed by atoms with Gasteiger partial charge in [0.2, 0.25) is 0 Å². The van der Waals surface area contributed by atoms with E-state index in [-0.39, 0.29) is 111 Å². The number of aliphatic hydroxyl groups is 20. The van der Waals surface area contributed by atoms with Crippen LogP contribution in [0.1, 0.15) is 148 Å². The zero-order valence-corrected chi connectivity index (χ0v) is 86.3. The number of nitrogens with two attached hydrogens (primary N) is 1. The van der Waals surface area contributed by atoms with E-state index in [0.717, 1.165) is 70.0 Å². The Bertz CT molecular complexity index is 4530. The number of carbonyl (C=O) groups is 7. The maximum absolute atomic E-state index is 14.2. The van der Waals surface area contributed by atoms with Crippen LogP contribution in [0.15, 0.2) is 30.9 Å². The van der Waals surface area contributed by atoms with Gasteiger partial charge in [0.15, 0.2) is 44.0 Å². The van der Waals surface area contributed by atoms with Gasteiger partial charge in [-0.1, -0.05) is 38.8 Å². The first-order valence-corrected chi connectivity index (χ1v) is 53.4. The second kappa shape index (κ2) is 57.4. The summed E-state index contributed by atoms with van der Waals surface area (Å²) in [4.78, 5) is 94.5. The van der Waals surface area contributed by atoms with Gasteiger partial charge >= 0.3 is 23.9 Å². The lowest BCUT2D eigenvalue weighted by Crippen LogP contribution is -2.68. The number of hydrogen-bond acceptors (Lipinski definition) is 51. The van der Waals surface area contributed by atoms with E-state index in [1.807, 2.05) is 32.0 Å². The Morgan fingerprint density at radius 2 is 0.926 bits per heavy atom. The number of aliphatic carboxylic acids is 2. The molecular weight excluding hydrogens is 2050 g/mol. The van der Waals surface area contributed by atoms with Gasteiger partial charge in [-0.2, -0.15) is 23.5 Å². The average molecular weight is 2200 g/mol. The minimum absolute atomic E-state index is 0.0656. The van der Waals surface area contributed by atoms with E-state index in [1.165, 1.54) is 6.92 Å². The first-order valence-electron chi connectivity index (χ1n) is 50.3. The predicted octanol–water partition coefficient (Wildman–Crippen LogP) is -5.05. The van der Waals surface area contributed by atoms with Crippen LogP contribution in [-0.4, -0.2) is 486 Å². The molecule has 1 aromatic heterocycles. The average Bonchev–Trinajstić information content (AvgIpc) is 1.71. The summed E-state index contributed by atoms with van der Waals surface area (Å²) < 4.78 is 113. The number of hydrogen-bond donors (Lipinski definition) is 23. The lowest BCUT2D eigenvalue weighted by molar-refractivity contribution is -0.395. The highest BCUT2D eigenvalue weighted by Gasteiger charge is 2.62. The first kappa shape index (κ1) is 124. The normalized spacial score (nSPS) is 40.5. The molecule has 23 aliphatic heterocycles. The van der Waals surface area contributed by atoms with Crippen molar-refractivity contribution in [2.75, 3.05) is 89.0 Å². The lowest BCUT2D eigenvalue weighted by Gasteiger charge is -2.50. The molecule has 23 saturated heterocycles. The van der Waals surface area contributed by atoms with Crippen molar-refractivity contribution in [3.8, 4) is 0 Å². The third kappa shape index (κ3) is 31.6.